The third kappa shape index (κ3) is 2.99. The van der Waals surface area contributed by atoms with Crippen molar-refractivity contribution in [1.82, 2.24) is 14.9 Å². The Morgan fingerprint density at radius 1 is 1.47 bits per heavy atom. The Kier molecular flexibility index (Phi) is 3.64. The van der Waals surface area contributed by atoms with E-state index in [4.69, 9.17) is 5.26 Å². The summed E-state index contributed by atoms with van der Waals surface area (Å²) in [6, 6.07) is 7.38. The van der Waals surface area contributed by atoms with Gasteiger partial charge in [-0.1, -0.05) is 6.07 Å². The van der Waals surface area contributed by atoms with E-state index in [0.717, 1.165) is 5.56 Å². The zero-order valence-corrected chi connectivity index (χ0v) is 11.0. The molecule has 1 aromatic heterocycles. The van der Waals surface area contributed by atoms with Crippen LogP contribution in [0.5, 0.6) is 0 Å². The zero-order chi connectivity index (χ0) is 13.9. The number of sulfonamides is 1. The summed E-state index contributed by atoms with van der Waals surface area (Å²) >= 11 is 0. The molecule has 0 saturated heterocycles. The normalized spacial score (nSPS) is 12.8. The Bertz CT molecular complexity index is 702. The fourth-order valence-corrected chi connectivity index (χ4v) is 2.88. The molecule has 98 valence electrons. The fourth-order valence-electron chi connectivity index (χ4n) is 1.60. The lowest BCUT2D eigenvalue weighted by atomic mass is 10.2. The first-order valence-corrected chi connectivity index (χ1v) is 7.02. The molecule has 1 atom stereocenters. The van der Waals surface area contributed by atoms with Gasteiger partial charge in [-0.05, 0) is 25.1 Å². The summed E-state index contributed by atoms with van der Waals surface area (Å²) in [5.41, 5.74) is 1.04. The Morgan fingerprint density at radius 3 is 2.89 bits per heavy atom. The molecule has 2 N–H and O–H groups in total. The highest BCUT2D eigenvalue weighted by Gasteiger charge is 2.19. The molecule has 0 amide bonds. The lowest BCUT2D eigenvalue weighted by Crippen LogP contribution is -2.26. The summed E-state index contributed by atoms with van der Waals surface area (Å²) in [6.45, 7) is 1.72. The molecule has 0 fully saturated rings. The van der Waals surface area contributed by atoms with E-state index in [1.165, 1.54) is 18.2 Å². The minimum atomic E-state index is -3.66. The van der Waals surface area contributed by atoms with Crippen molar-refractivity contribution in [2.75, 3.05) is 0 Å². The molecule has 7 heteroatoms. The predicted molar refractivity (Wildman–Crippen MR) is 68.5 cm³/mol. The summed E-state index contributed by atoms with van der Waals surface area (Å²) in [5.74, 6) is 0. The second kappa shape index (κ2) is 5.22. The van der Waals surface area contributed by atoms with Crippen LogP contribution in [0.1, 0.15) is 24.1 Å². The van der Waals surface area contributed by atoms with E-state index in [0.29, 0.717) is 5.56 Å². The molecule has 0 aliphatic carbocycles. The largest absolute Gasteiger partial charge is 0.285 e. The number of benzene rings is 1. The van der Waals surface area contributed by atoms with Crippen molar-refractivity contribution >= 4 is 10.0 Å². The van der Waals surface area contributed by atoms with Crippen molar-refractivity contribution in [1.29, 1.82) is 5.26 Å². The number of aromatic nitrogens is 2. The van der Waals surface area contributed by atoms with Crippen molar-refractivity contribution in [3.8, 4) is 6.07 Å². The number of H-pyrrole nitrogens is 1. The SMILES string of the molecule is CC(NS(=O)(=O)c1cccc(C#N)c1)c1cn[nH]c1. The Balaban J connectivity index is 2.25. The van der Waals surface area contributed by atoms with Crippen molar-refractivity contribution in [3.63, 3.8) is 0 Å². The van der Waals surface area contributed by atoms with Gasteiger partial charge in [-0.3, -0.25) is 5.10 Å². The van der Waals surface area contributed by atoms with Gasteiger partial charge < -0.3 is 0 Å². The molecule has 6 nitrogen and oxygen atoms in total. The van der Waals surface area contributed by atoms with Gasteiger partial charge in [-0.25, -0.2) is 13.1 Å². The number of rotatable bonds is 4. The maximum Gasteiger partial charge on any atom is 0.241 e. The third-order valence-electron chi connectivity index (χ3n) is 2.62. The highest BCUT2D eigenvalue weighted by atomic mass is 32.2. The first-order valence-electron chi connectivity index (χ1n) is 5.54. The van der Waals surface area contributed by atoms with Crippen LogP contribution in [-0.2, 0) is 10.0 Å². The number of nitriles is 1. The monoisotopic (exact) mass is 276 g/mol. The molecule has 1 unspecified atom stereocenters. The van der Waals surface area contributed by atoms with Crippen molar-refractivity contribution in [2.45, 2.75) is 17.9 Å². The van der Waals surface area contributed by atoms with Crippen LogP contribution in [0.3, 0.4) is 0 Å². The number of hydrogen-bond acceptors (Lipinski definition) is 4. The average Bonchev–Trinajstić information content (AvgIpc) is 2.92. The Morgan fingerprint density at radius 2 is 2.26 bits per heavy atom. The van der Waals surface area contributed by atoms with Gasteiger partial charge in [0.25, 0.3) is 0 Å². The highest BCUT2D eigenvalue weighted by Crippen LogP contribution is 2.16. The van der Waals surface area contributed by atoms with Gasteiger partial charge in [0.1, 0.15) is 0 Å². The lowest BCUT2D eigenvalue weighted by molar-refractivity contribution is 0.567. The van der Waals surface area contributed by atoms with Crippen LogP contribution < -0.4 is 4.72 Å². The summed E-state index contributed by atoms with van der Waals surface area (Å²) in [6.07, 6.45) is 3.18. The van der Waals surface area contributed by atoms with Crippen LogP contribution in [0.25, 0.3) is 0 Å². The van der Waals surface area contributed by atoms with E-state index in [1.54, 1.807) is 25.4 Å². The van der Waals surface area contributed by atoms with Gasteiger partial charge in [-0.2, -0.15) is 10.4 Å². The molecule has 0 saturated carbocycles. The van der Waals surface area contributed by atoms with Gasteiger partial charge in [0.15, 0.2) is 0 Å². The van der Waals surface area contributed by atoms with Gasteiger partial charge in [0.05, 0.1) is 22.7 Å². The number of nitrogens with zero attached hydrogens (tertiary/aromatic N) is 2. The van der Waals surface area contributed by atoms with Crippen LogP contribution in [0, 0.1) is 11.3 Å². The fraction of sp³-hybridized carbons (Fsp3) is 0.167. The van der Waals surface area contributed by atoms with Crippen LogP contribution in [0.4, 0.5) is 0 Å². The first kappa shape index (κ1) is 13.3. The Labute approximate surface area is 111 Å². The molecule has 19 heavy (non-hydrogen) atoms. The summed E-state index contributed by atoms with van der Waals surface area (Å²) in [5, 5.41) is 15.2. The first-order chi connectivity index (χ1) is 9.03. The van der Waals surface area contributed by atoms with Crippen LogP contribution in [0.2, 0.25) is 0 Å². The highest BCUT2D eigenvalue weighted by molar-refractivity contribution is 7.89. The zero-order valence-electron chi connectivity index (χ0n) is 10.2. The standard InChI is InChI=1S/C12H12N4O2S/c1-9(11-7-14-15-8-11)16-19(17,18)12-4-2-3-10(5-12)6-13/h2-5,7-9,16H,1H3,(H,14,15). The number of aromatic amines is 1. The summed E-state index contributed by atoms with van der Waals surface area (Å²) in [7, 11) is -3.66. The minimum Gasteiger partial charge on any atom is -0.285 e. The van der Waals surface area contributed by atoms with E-state index in [-0.39, 0.29) is 4.90 Å². The van der Waals surface area contributed by atoms with E-state index in [2.05, 4.69) is 14.9 Å². The molecule has 0 radical (unpaired) electrons. The number of hydrogen-bond donors (Lipinski definition) is 2. The smallest absolute Gasteiger partial charge is 0.241 e. The van der Waals surface area contributed by atoms with Crippen LogP contribution >= 0.6 is 0 Å². The third-order valence-corrected chi connectivity index (χ3v) is 4.16. The second-order valence-electron chi connectivity index (χ2n) is 4.01. The van der Waals surface area contributed by atoms with Gasteiger partial charge in [0.2, 0.25) is 10.0 Å². The Hall–Kier alpha value is -2.17. The van der Waals surface area contributed by atoms with E-state index in [1.807, 2.05) is 6.07 Å². The van der Waals surface area contributed by atoms with Crippen LogP contribution in [0.15, 0.2) is 41.6 Å². The maximum atomic E-state index is 12.2. The molecule has 0 aliphatic rings. The molecule has 1 aromatic carbocycles. The summed E-state index contributed by atoms with van der Waals surface area (Å²) < 4.78 is 26.8. The van der Waals surface area contributed by atoms with Gasteiger partial charge >= 0.3 is 0 Å². The van der Waals surface area contributed by atoms with Crippen molar-refractivity contribution < 1.29 is 8.42 Å². The molecule has 0 bridgehead atoms. The average molecular weight is 276 g/mol. The molecule has 0 aliphatic heterocycles. The van der Waals surface area contributed by atoms with Crippen molar-refractivity contribution in [3.05, 3.63) is 47.8 Å². The van der Waals surface area contributed by atoms with Crippen molar-refractivity contribution in [2.24, 2.45) is 0 Å². The number of nitrogens with one attached hydrogen (secondary N) is 2. The quantitative estimate of drug-likeness (QED) is 0.879. The second-order valence-corrected chi connectivity index (χ2v) is 5.73. The van der Waals surface area contributed by atoms with Crippen LogP contribution in [-0.4, -0.2) is 18.6 Å². The van der Waals surface area contributed by atoms with E-state index < -0.39 is 16.1 Å². The van der Waals surface area contributed by atoms with E-state index in [9.17, 15) is 8.42 Å². The molecule has 2 aromatic rings. The van der Waals surface area contributed by atoms with Gasteiger partial charge in [0, 0.05) is 17.8 Å². The topological polar surface area (TPSA) is 98.6 Å². The summed E-state index contributed by atoms with van der Waals surface area (Å²) in [4.78, 5) is 0.0712. The molecular formula is C12H12N4O2S. The minimum absolute atomic E-state index is 0.0712. The molecule has 1 heterocycles. The molecular weight excluding hydrogens is 264 g/mol. The van der Waals surface area contributed by atoms with Gasteiger partial charge in [-0.15, -0.1) is 0 Å². The molecule has 2 rings (SSSR count). The lowest BCUT2D eigenvalue weighted by Gasteiger charge is -2.12. The van der Waals surface area contributed by atoms with E-state index >= 15 is 0 Å². The predicted octanol–water partition coefficient (Wildman–Crippen LogP) is 1.32. The molecule has 0 spiro atoms. The maximum absolute atomic E-state index is 12.2.